The minimum atomic E-state index is -0.984. The van der Waals surface area contributed by atoms with Crippen LogP contribution in [0.15, 0.2) is 17.1 Å². The van der Waals surface area contributed by atoms with Crippen LogP contribution in [0.5, 0.6) is 5.75 Å². The number of anilines is 1. The number of aromatic nitrogens is 1. The summed E-state index contributed by atoms with van der Waals surface area (Å²) in [7, 11) is 3.28. The molecule has 4 rings (SSSR count). The van der Waals surface area contributed by atoms with E-state index in [1.165, 1.54) is 13.3 Å². The molecule has 0 radical (unpaired) electrons. The third-order valence-corrected chi connectivity index (χ3v) is 5.83. The van der Waals surface area contributed by atoms with E-state index in [0.717, 1.165) is 25.3 Å². The maximum Gasteiger partial charge on any atom is 0.266 e. The van der Waals surface area contributed by atoms with Crippen LogP contribution in [0.1, 0.15) is 35.7 Å². The summed E-state index contributed by atoms with van der Waals surface area (Å²) < 4.78 is 22.6. The zero-order valence-corrected chi connectivity index (χ0v) is 16.8. The van der Waals surface area contributed by atoms with Crippen molar-refractivity contribution in [3.8, 4) is 5.75 Å². The number of ether oxygens (including phenoxy) is 1. The Kier molecular flexibility index (Phi) is 5.19. The first kappa shape index (κ1) is 20.3. The van der Waals surface area contributed by atoms with Gasteiger partial charge < -0.3 is 19.5 Å². The summed E-state index contributed by atoms with van der Waals surface area (Å²) in [6, 6.07) is 1.38. The van der Waals surface area contributed by atoms with Gasteiger partial charge in [-0.15, -0.1) is 0 Å². The van der Waals surface area contributed by atoms with E-state index in [9.17, 15) is 19.7 Å². The molecule has 0 unspecified atom stereocenters. The molecule has 1 N–H and O–H groups in total. The number of nitrogens with zero attached hydrogens (tertiary/aromatic N) is 3. The summed E-state index contributed by atoms with van der Waals surface area (Å²) in [4.78, 5) is 37.2. The number of pyridine rings is 1. The Morgan fingerprint density at radius 2 is 2.13 bits per heavy atom. The number of fused-ring (bicyclic) bond motifs is 1. The smallest absolute Gasteiger partial charge is 0.266 e. The summed E-state index contributed by atoms with van der Waals surface area (Å²) in [6.07, 6.45) is 3.89. The Balaban J connectivity index is 1.95. The number of carbonyl (C=O) groups excluding carboxylic acids is 1. The van der Waals surface area contributed by atoms with E-state index in [1.54, 1.807) is 4.57 Å². The highest BCUT2D eigenvalue weighted by molar-refractivity contribution is 6.01. The molecule has 0 spiro atoms. The normalized spacial score (nSPS) is 18.8. The van der Waals surface area contributed by atoms with Gasteiger partial charge in [-0.25, -0.2) is 4.39 Å². The Hall–Kier alpha value is -3.01. The fourth-order valence-corrected chi connectivity index (χ4v) is 4.17. The van der Waals surface area contributed by atoms with Crippen LogP contribution >= 0.6 is 0 Å². The number of halogens is 1. The van der Waals surface area contributed by atoms with Crippen molar-refractivity contribution >= 4 is 22.4 Å². The van der Waals surface area contributed by atoms with Gasteiger partial charge in [0.05, 0.1) is 23.6 Å². The van der Waals surface area contributed by atoms with E-state index in [1.807, 2.05) is 11.9 Å². The lowest BCUT2D eigenvalue weighted by Crippen LogP contribution is -2.30. The molecule has 30 heavy (non-hydrogen) atoms. The van der Waals surface area contributed by atoms with Crippen molar-refractivity contribution in [1.29, 1.82) is 0 Å². The number of hydrogen-bond donors (Lipinski definition) is 1. The quantitative estimate of drug-likeness (QED) is 0.415. The number of likely N-dealkylation sites (N-methyl/N-ethyl adjacent to an activating group) is 1. The molecule has 2 aromatic rings. The van der Waals surface area contributed by atoms with Crippen LogP contribution in [0, 0.1) is 15.9 Å². The Labute approximate surface area is 171 Å². The average molecular weight is 418 g/mol. The second-order valence-corrected chi connectivity index (χ2v) is 7.78. The third kappa shape index (κ3) is 3.41. The molecule has 1 atom stereocenters. The fraction of sp³-hybridized carbons (Fsp3) is 0.500. The number of Topliss-reactive ketones (excluding diaryl/α,β-unsaturated/α-hetero) is 1. The largest absolute Gasteiger partial charge is 0.492 e. The van der Waals surface area contributed by atoms with Crippen LogP contribution in [-0.2, 0) is 0 Å². The molecule has 10 heteroatoms. The monoisotopic (exact) mass is 418 g/mol. The standard InChI is InChI=1S/C20H23FN4O5/c1-22-11-5-6-23(8-11)18-15(21)7-13-17(20(18)30-2)24(12-3-4-12)9-14(19(13)27)16(26)10-25(28)29/h7,9,11-12,22H,3-6,8,10H2,1-2H3/t11-/m0/s1. The first-order valence-corrected chi connectivity index (χ1v) is 9.88. The lowest BCUT2D eigenvalue weighted by atomic mass is 10.1. The van der Waals surface area contributed by atoms with E-state index in [4.69, 9.17) is 4.74 Å². The van der Waals surface area contributed by atoms with Crippen molar-refractivity contribution < 1.29 is 18.8 Å². The molecule has 1 aromatic carbocycles. The zero-order valence-electron chi connectivity index (χ0n) is 16.8. The first-order valence-electron chi connectivity index (χ1n) is 9.88. The number of methoxy groups -OCH3 is 1. The van der Waals surface area contributed by atoms with Crippen molar-refractivity contribution in [1.82, 2.24) is 9.88 Å². The van der Waals surface area contributed by atoms with Gasteiger partial charge in [0.15, 0.2) is 11.6 Å². The third-order valence-electron chi connectivity index (χ3n) is 5.83. The number of benzene rings is 1. The SMILES string of the molecule is CN[C@H]1CCN(c2c(F)cc3c(=O)c(C(=O)C[N+](=O)[O-])cn(C4CC4)c3c2OC)C1. The zero-order chi connectivity index (χ0) is 21.6. The summed E-state index contributed by atoms with van der Waals surface area (Å²) in [5.41, 5.74) is -0.295. The number of nitro groups is 1. The van der Waals surface area contributed by atoms with Gasteiger partial charge in [0.1, 0.15) is 5.69 Å². The fourth-order valence-electron chi connectivity index (χ4n) is 4.17. The van der Waals surface area contributed by atoms with Crippen LogP contribution in [0.2, 0.25) is 0 Å². The predicted molar refractivity (Wildman–Crippen MR) is 109 cm³/mol. The lowest BCUT2D eigenvalue weighted by molar-refractivity contribution is -0.465. The molecule has 1 saturated carbocycles. The summed E-state index contributed by atoms with van der Waals surface area (Å²) in [6.45, 7) is 0.252. The summed E-state index contributed by atoms with van der Waals surface area (Å²) in [5, 5.41) is 14.0. The van der Waals surface area contributed by atoms with E-state index in [0.29, 0.717) is 24.3 Å². The molecule has 1 saturated heterocycles. The molecular formula is C20H23FN4O5. The average Bonchev–Trinajstić information content (AvgIpc) is 3.44. The van der Waals surface area contributed by atoms with Crippen LogP contribution in [-0.4, -0.2) is 55.1 Å². The highest BCUT2D eigenvalue weighted by Gasteiger charge is 2.33. The van der Waals surface area contributed by atoms with Crippen LogP contribution < -0.4 is 20.4 Å². The van der Waals surface area contributed by atoms with E-state index < -0.39 is 28.5 Å². The van der Waals surface area contributed by atoms with Gasteiger partial charge in [-0.05, 0) is 32.4 Å². The molecule has 1 aliphatic carbocycles. The van der Waals surface area contributed by atoms with Crippen LogP contribution in [0.3, 0.4) is 0 Å². The van der Waals surface area contributed by atoms with Crippen molar-refractivity contribution in [2.45, 2.75) is 31.3 Å². The number of hydrogen-bond acceptors (Lipinski definition) is 7. The minimum absolute atomic E-state index is 0.00133. The van der Waals surface area contributed by atoms with E-state index >= 15 is 4.39 Å². The summed E-state index contributed by atoms with van der Waals surface area (Å²) >= 11 is 0. The van der Waals surface area contributed by atoms with Crippen molar-refractivity contribution in [2.24, 2.45) is 0 Å². The number of rotatable bonds is 7. The van der Waals surface area contributed by atoms with E-state index in [2.05, 4.69) is 5.32 Å². The maximum absolute atomic E-state index is 15.2. The maximum atomic E-state index is 15.2. The van der Waals surface area contributed by atoms with Gasteiger partial charge >= 0.3 is 0 Å². The van der Waals surface area contributed by atoms with E-state index in [-0.39, 0.29) is 28.8 Å². The molecule has 0 bridgehead atoms. The first-order chi connectivity index (χ1) is 14.3. The second-order valence-electron chi connectivity index (χ2n) is 7.78. The lowest BCUT2D eigenvalue weighted by Gasteiger charge is -2.24. The number of ketones is 1. The highest BCUT2D eigenvalue weighted by Crippen LogP contribution is 2.44. The number of carbonyl (C=O) groups is 1. The molecule has 0 amide bonds. The minimum Gasteiger partial charge on any atom is -0.492 e. The number of nitrogens with one attached hydrogen (secondary N) is 1. The Morgan fingerprint density at radius 1 is 1.40 bits per heavy atom. The van der Waals surface area contributed by atoms with Crippen molar-refractivity contribution in [3.63, 3.8) is 0 Å². The molecule has 1 aliphatic heterocycles. The van der Waals surface area contributed by atoms with Crippen LogP contribution in [0.4, 0.5) is 10.1 Å². The summed E-state index contributed by atoms with van der Waals surface area (Å²) in [5.74, 6) is -1.25. The van der Waals surface area contributed by atoms with Gasteiger partial charge in [0, 0.05) is 36.3 Å². The van der Waals surface area contributed by atoms with Gasteiger partial charge in [0.25, 0.3) is 6.54 Å². The van der Waals surface area contributed by atoms with Gasteiger partial charge in [0.2, 0.25) is 11.2 Å². The Bertz CT molecular complexity index is 1100. The second kappa shape index (κ2) is 7.67. The van der Waals surface area contributed by atoms with Crippen LogP contribution in [0.25, 0.3) is 10.9 Å². The Morgan fingerprint density at radius 3 is 2.70 bits per heavy atom. The predicted octanol–water partition coefficient (Wildman–Crippen LogP) is 1.74. The van der Waals surface area contributed by atoms with Crippen molar-refractivity contribution in [2.75, 3.05) is 38.7 Å². The van der Waals surface area contributed by atoms with Gasteiger partial charge in [-0.1, -0.05) is 0 Å². The molecule has 2 heterocycles. The molecular weight excluding hydrogens is 395 g/mol. The molecule has 2 aliphatic rings. The molecule has 160 valence electrons. The topological polar surface area (TPSA) is 107 Å². The van der Waals surface area contributed by atoms with Crippen molar-refractivity contribution in [3.05, 3.63) is 44.0 Å². The van der Waals surface area contributed by atoms with Gasteiger partial charge in [-0.2, -0.15) is 0 Å². The van der Waals surface area contributed by atoms with Gasteiger partial charge in [-0.3, -0.25) is 19.7 Å². The molecule has 9 nitrogen and oxygen atoms in total. The molecule has 1 aromatic heterocycles. The molecule has 2 fully saturated rings. The highest BCUT2D eigenvalue weighted by atomic mass is 19.1.